The van der Waals surface area contributed by atoms with E-state index in [1.807, 2.05) is 0 Å². The van der Waals surface area contributed by atoms with Gasteiger partial charge in [0.2, 0.25) is 0 Å². The van der Waals surface area contributed by atoms with Gasteiger partial charge in [-0.05, 0) is 34.7 Å². The zero-order valence-corrected chi connectivity index (χ0v) is 10.5. The van der Waals surface area contributed by atoms with Crippen molar-refractivity contribution in [2.45, 2.75) is 0 Å². The molecule has 15 heavy (non-hydrogen) atoms. The average molecular weight is 334 g/mol. The predicted octanol–water partition coefficient (Wildman–Crippen LogP) is 4.15. The second-order valence-electron chi connectivity index (χ2n) is 2.97. The number of hydrogen-bond acceptors (Lipinski definition) is 1. The summed E-state index contributed by atoms with van der Waals surface area (Å²) < 4.78 is 14.4. The lowest BCUT2D eigenvalue weighted by molar-refractivity contribution is 0.631. The Hall–Kier alpha value is -0.680. The molecule has 0 amide bonds. The largest absolute Gasteiger partial charge is 0.244 e. The molecule has 0 spiro atoms. The van der Waals surface area contributed by atoms with E-state index in [0.29, 0.717) is 10.7 Å². The molecule has 0 bridgehead atoms. The molecule has 0 aliphatic heterocycles. The SMILES string of the molecule is Fc1ccccc1-c1cnc(Cl)cc1I. The van der Waals surface area contributed by atoms with Crippen molar-refractivity contribution in [3.8, 4) is 11.1 Å². The molecule has 0 fully saturated rings. The molecule has 0 saturated carbocycles. The molecule has 4 heteroatoms. The van der Waals surface area contributed by atoms with Crippen LogP contribution in [0.3, 0.4) is 0 Å². The van der Waals surface area contributed by atoms with Crippen molar-refractivity contribution in [3.05, 3.63) is 51.1 Å². The third-order valence-corrected chi connectivity index (χ3v) is 3.08. The third kappa shape index (κ3) is 2.29. The van der Waals surface area contributed by atoms with Gasteiger partial charge in [0.25, 0.3) is 0 Å². The molecule has 1 nitrogen and oxygen atoms in total. The minimum atomic E-state index is -0.250. The summed E-state index contributed by atoms with van der Waals surface area (Å²) in [6, 6.07) is 8.32. The Morgan fingerprint density at radius 1 is 1.20 bits per heavy atom. The highest BCUT2D eigenvalue weighted by molar-refractivity contribution is 14.1. The summed E-state index contributed by atoms with van der Waals surface area (Å²) in [4.78, 5) is 3.95. The zero-order chi connectivity index (χ0) is 10.8. The Bertz CT molecular complexity index is 502. The minimum Gasteiger partial charge on any atom is -0.244 e. The van der Waals surface area contributed by atoms with E-state index < -0.39 is 0 Å². The Balaban J connectivity index is 2.60. The number of hydrogen-bond donors (Lipinski definition) is 0. The van der Waals surface area contributed by atoms with Gasteiger partial charge in [0.05, 0.1) is 0 Å². The molecular formula is C11H6ClFIN. The van der Waals surface area contributed by atoms with E-state index in [9.17, 15) is 4.39 Å². The van der Waals surface area contributed by atoms with Crippen LogP contribution in [0.5, 0.6) is 0 Å². The van der Waals surface area contributed by atoms with Gasteiger partial charge >= 0.3 is 0 Å². The predicted molar refractivity (Wildman–Crippen MR) is 67.4 cm³/mol. The smallest absolute Gasteiger partial charge is 0.131 e. The lowest BCUT2D eigenvalue weighted by atomic mass is 10.1. The number of rotatable bonds is 1. The van der Waals surface area contributed by atoms with Crippen molar-refractivity contribution in [2.75, 3.05) is 0 Å². The lowest BCUT2D eigenvalue weighted by Gasteiger charge is -2.05. The monoisotopic (exact) mass is 333 g/mol. The first-order chi connectivity index (χ1) is 7.18. The minimum absolute atomic E-state index is 0.250. The second kappa shape index (κ2) is 4.45. The summed E-state index contributed by atoms with van der Waals surface area (Å²) in [6.45, 7) is 0. The molecule has 0 unspecified atom stereocenters. The Morgan fingerprint density at radius 2 is 1.93 bits per heavy atom. The van der Waals surface area contributed by atoms with Crippen LogP contribution in [-0.4, -0.2) is 4.98 Å². The van der Waals surface area contributed by atoms with Gasteiger partial charge in [-0.25, -0.2) is 9.37 Å². The van der Waals surface area contributed by atoms with Gasteiger partial charge < -0.3 is 0 Å². The summed E-state index contributed by atoms with van der Waals surface area (Å²) >= 11 is 7.85. The molecular weight excluding hydrogens is 327 g/mol. The van der Waals surface area contributed by atoms with Crippen molar-refractivity contribution in [3.63, 3.8) is 0 Å². The normalized spacial score (nSPS) is 10.3. The molecule has 1 aromatic heterocycles. The second-order valence-corrected chi connectivity index (χ2v) is 4.52. The summed E-state index contributed by atoms with van der Waals surface area (Å²) in [6.07, 6.45) is 1.59. The fourth-order valence-corrected chi connectivity index (χ4v) is 2.35. The molecule has 76 valence electrons. The molecule has 1 heterocycles. The van der Waals surface area contributed by atoms with Gasteiger partial charge in [-0.3, -0.25) is 0 Å². The van der Waals surface area contributed by atoms with Crippen LogP contribution in [0.1, 0.15) is 0 Å². The number of halogens is 3. The van der Waals surface area contributed by atoms with Gasteiger partial charge in [-0.15, -0.1) is 0 Å². The first-order valence-electron chi connectivity index (χ1n) is 4.24. The van der Waals surface area contributed by atoms with Gasteiger partial charge in [0, 0.05) is 20.9 Å². The van der Waals surface area contributed by atoms with E-state index in [2.05, 4.69) is 27.6 Å². The molecule has 0 N–H and O–H groups in total. The molecule has 1 aromatic carbocycles. The standard InChI is InChI=1S/C11H6ClFIN/c12-11-5-10(14)8(6-15-11)7-3-1-2-4-9(7)13/h1-6H. The molecule has 2 aromatic rings. The van der Waals surface area contributed by atoms with E-state index >= 15 is 0 Å². The van der Waals surface area contributed by atoms with Crippen molar-refractivity contribution in [2.24, 2.45) is 0 Å². The number of benzene rings is 1. The first kappa shape index (κ1) is 10.8. The molecule has 0 radical (unpaired) electrons. The lowest BCUT2D eigenvalue weighted by Crippen LogP contribution is -1.89. The summed E-state index contributed by atoms with van der Waals surface area (Å²) in [5.74, 6) is -0.250. The van der Waals surface area contributed by atoms with Crippen molar-refractivity contribution in [1.29, 1.82) is 0 Å². The topological polar surface area (TPSA) is 12.9 Å². The first-order valence-corrected chi connectivity index (χ1v) is 5.70. The number of aromatic nitrogens is 1. The molecule has 2 rings (SSSR count). The maximum atomic E-state index is 13.5. The highest BCUT2D eigenvalue weighted by Gasteiger charge is 2.08. The van der Waals surface area contributed by atoms with Crippen LogP contribution < -0.4 is 0 Å². The summed E-state index contributed by atoms with van der Waals surface area (Å²) in [5.41, 5.74) is 1.31. The van der Waals surface area contributed by atoms with Crippen LogP contribution in [0.25, 0.3) is 11.1 Å². The van der Waals surface area contributed by atoms with Crippen LogP contribution in [0.15, 0.2) is 36.5 Å². The Labute approximate surface area is 105 Å². The van der Waals surface area contributed by atoms with Crippen LogP contribution in [-0.2, 0) is 0 Å². The van der Waals surface area contributed by atoms with Crippen LogP contribution in [0.2, 0.25) is 5.15 Å². The molecule has 0 atom stereocenters. The van der Waals surface area contributed by atoms with Gasteiger partial charge in [-0.2, -0.15) is 0 Å². The highest BCUT2D eigenvalue weighted by Crippen LogP contribution is 2.27. The van der Waals surface area contributed by atoms with Gasteiger partial charge in [0.1, 0.15) is 11.0 Å². The van der Waals surface area contributed by atoms with Crippen molar-refractivity contribution < 1.29 is 4.39 Å². The maximum absolute atomic E-state index is 13.5. The summed E-state index contributed by atoms with van der Waals surface area (Å²) in [5, 5.41) is 0.416. The molecule has 0 aliphatic carbocycles. The Kier molecular flexibility index (Phi) is 3.21. The zero-order valence-electron chi connectivity index (χ0n) is 7.55. The highest BCUT2D eigenvalue weighted by atomic mass is 127. The van der Waals surface area contributed by atoms with E-state index in [1.54, 1.807) is 30.5 Å². The van der Waals surface area contributed by atoms with E-state index in [4.69, 9.17) is 11.6 Å². The number of pyridine rings is 1. The molecule has 0 aliphatic rings. The maximum Gasteiger partial charge on any atom is 0.131 e. The van der Waals surface area contributed by atoms with Crippen molar-refractivity contribution >= 4 is 34.2 Å². The quantitative estimate of drug-likeness (QED) is 0.564. The van der Waals surface area contributed by atoms with Crippen LogP contribution in [0.4, 0.5) is 4.39 Å². The van der Waals surface area contributed by atoms with E-state index in [1.165, 1.54) is 6.07 Å². The van der Waals surface area contributed by atoms with E-state index in [0.717, 1.165) is 9.13 Å². The average Bonchev–Trinajstić information content (AvgIpc) is 2.20. The Morgan fingerprint density at radius 3 is 2.60 bits per heavy atom. The molecule has 0 saturated heterocycles. The third-order valence-electron chi connectivity index (χ3n) is 1.98. The van der Waals surface area contributed by atoms with Crippen LogP contribution in [0, 0.1) is 9.39 Å². The van der Waals surface area contributed by atoms with Crippen molar-refractivity contribution in [1.82, 2.24) is 4.98 Å². The fourth-order valence-electron chi connectivity index (χ4n) is 1.29. The van der Waals surface area contributed by atoms with Gasteiger partial charge in [0.15, 0.2) is 0 Å². The number of nitrogens with zero attached hydrogens (tertiary/aromatic N) is 1. The summed E-state index contributed by atoms with van der Waals surface area (Å²) in [7, 11) is 0. The van der Waals surface area contributed by atoms with Crippen LogP contribution >= 0.6 is 34.2 Å². The van der Waals surface area contributed by atoms with E-state index in [-0.39, 0.29) is 5.82 Å². The fraction of sp³-hybridized carbons (Fsp3) is 0. The van der Waals surface area contributed by atoms with Gasteiger partial charge in [-0.1, -0.05) is 29.8 Å².